The van der Waals surface area contributed by atoms with E-state index in [9.17, 15) is 0 Å². The van der Waals surface area contributed by atoms with E-state index in [4.69, 9.17) is 9.98 Å². The van der Waals surface area contributed by atoms with Crippen LogP contribution in [0, 0.1) is 11.8 Å². The molecule has 5 aliphatic rings. The van der Waals surface area contributed by atoms with Gasteiger partial charge in [-0.25, -0.2) is 4.99 Å². The number of nitrogens with one attached hydrogen (secondary N) is 1. The molecule has 0 bridgehead atoms. The molecular weight excluding hydrogens is 574 g/mol. The average molecular weight is 628 g/mol. The number of aliphatic imine (C=N–C) groups is 2. The van der Waals surface area contributed by atoms with Crippen LogP contribution in [-0.2, 0) is 6.42 Å². The minimum absolute atomic E-state index is 0.487. The van der Waals surface area contributed by atoms with Crippen molar-refractivity contribution in [1.82, 2.24) is 14.8 Å². The van der Waals surface area contributed by atoms with Gasteiger partial charge in [0.1, 0.15) is 5.84 Å². The molecule has 1 N–H and O–H groups in total. The van der Waals surface area contributed by atoms with Crippen LogP contribution < -0.4 is 0 Å². The van der Waals surface area contributed by atoms with Gasteiger partial charge in [0.2, 0.25) is 0 Å². The lowest BCUT2D eigenvalue weighted by atomic mass is 9.80. The van der Waals surface area contributed by atoms with E-state index in [0.29, 0.717) is 11.8 Å². The highest BCUT2D eigenvalue weighted by atomic mass is 15.2. The number of fused-ring (bicyclic) bond motifs is 1. The second-order valence-electron chi connectivity index (χ2n) is 14.3. The zero-order valence-electron chi connectivity index (χ0n) is 29.1. The van der Waals surface area contributed by atoms with Crippen molar-refractivity contribution < 1.29 is 0 Å². The number of amidine groups is 1. The van der Waals surface area contributed by atoms with Crippen LogP contribution in [0.3, 0.4) is 0 Å². The molecule has 2 fully saturated rings. The van der Waals surface area contributed by atoms with E-state index in [0.717, 1.165) is 63.9 Å². The third kappa shape index (κ3) is 6.64. The van der Waals surface area contributed by atoms with Gasteiger partial charge in [0.25, 0.3) is 0 Å². The molecule has 1 aliphatic carbocycles. The summed E-state index contributed by atoms with van der Waals surface area (Å²) in [5, 5.41) is 0. The summed E-state index contributed by atoms with van der Waals surface area (Å²) >= 11 is 0. The smallest absolute Gasteiger partial charge is 0.137 e. The normalized spacial score (nSPS) is 23.9. The average Bonchev–Trinajstić information content (AvgIpc) is 3.73. The first-order chi connectivity index (χ1) is 23.0. The molecule has 2 unspecified atom stereocenters. The van der Waals surface area contributed by atoms with Crippen LogP contribution in [0.2, 0.25) is 0 Å². The second kappa shape index (κ2) is 14.1. The van der Waals surface area contributed by atoms with Crippen molar-refractivity contribution >= 4 is 17.1 Å². The van der Waals surface area contributed by atoms with Crippen molar-refractivity contribution in [3.05, 3.63) is 111 Å². The number of likely N-dealkylation sites (tertiary alicyclic amines) is 2. The summed E-state index contributed by atoms with van der Waals surface area (Å²) in [6.07, 6.45) is 20.5. The Kier molecular flexibility index (Phi) is 9.51. The van der Waals surface area contributed by atoms with E-state index in [2.05, 4.69) is 103 Å². The maximum Gasteiger partial charge on any atom is 0.137 e. The first kappa shape index (κ1) is 31.7. The summed E-state index contributed by atoms with van der Waals surface area (Å²) in [5.41, 5.74) is 15.0. The third-order valence-electron chi connectivity index (χ3n) is 11.1. The number of benzene rings is 1. The van der Waals surface area contributed by atoms with Gasteiger partial charge >= 0.3 is 0 Å². The predicted molar refractivity (Wildman–Crippen MR) is 198 cm³/mol. The number of aromatic nitrogens is 1. The van der Waals surface area contributed by atoms with Crippen molar-refractivity contribution in [2.75, 3.05) is 26.2 Å². The Bertz CT molecular complexity index is 1670. The summed E-state index contributed by atoms with van der Waals surface area (Å²) in [4.78, 5) is 19.7. The molecule has 1 aromatic heterocycles. The number of piperidine rings is 1. The minimum Gasteiger partial charge on any atom is -0.372 e. The molecule has 246 valence electrons. The molecule has 0 saturated carbocycles. The summed E-state index contributed by atoms with van der Waals surface area (Å²) < 4.78 is 0. The predicted octanol–water partition coefficient (Wildman–Crippen LogP) is 9.62. The van der Waals surface area contributed by atoms with Crippen molar-refractivity contribution in [3.8, 4) is 0 Å². The zero-order chi connectivity index (χ0) is 32.3. The standard InChI is InChI=1S/C42H53N5/c1-5-31-15-12-16-35(26-39(31)46-21-10-11-22-46)38-27-36-37(44-38)18-17-29(3)28-43-42(36)47-23-19-34(20-24-47)41-32(6-2)25-30(4)40(45-41)33-13-8-7-9-14-33/h7-9,12-14,16,26-28,30,32,44H,5-6,10-11,15,17-25H2,1-4H3. The first-order valence-electron chi connectivity index (χ1n) is 18.4. The van der Waals surface area contributed by atoms with Gasteiger partial charge in [-0.15, -0.1) is 0 Å². The Morgan fingerprint density at radius 2 is 1.72 bits per heavy atom. The van der Waals surface area contributed by atoms with E-state index in [-0.39, 0.29) is 0 Å². The largest absolute Gasteiger partial charge is 0.372 e. The van der Waals surface area contributed by atoms with Crippen LogP contribution >= 0.6 is 0 Å². The highest BCUT2D eigenvalue weighted by molar-refractivity contribution is 6.03. The molecule has 5 nitrogen and oxygen atoms in total. The molecule has 7 rings (SSSR count). The third-order valence-corrected chi connectivity index (χ3v) is 11.1. The molecule has 47 heavy (non-hydrogen) atoms. The number of rotatable bonds is 5. The number of hydrogen-bond acceptors (Lipinski definition) is 4. The van der Waals surface area contributed by atoms with E-state index in [1.807, 2.05) is 0 Å². The molecule has 2 saturated heterocycles. The van der Waals surface area contributed by atoms with E-state index < -0.39 is 0 Å². The van der Waals surface area contributed by atoms with Crippen LogP contribution in [0.1, 0.15) is 108 Å². The molecular formula is C42H53N5. The molecule has 5 heteroatoms. The number of aromatic amines is 1. The summed E-state index contributed by atoms with van der Waals surface area (Å²) in [6, 6.07) is 13.2. The van der Waals surface area contributed by atoms with Gasteiger partial charge in [-0.05, 0) is 111 Å². The molecule has 0 radical (unpaired) electrons. The van der Waals surface area contributed by atoms with Gasteiger partial charge in [-0.3, -0.25) is 4.99 Å². The van der Waals surface area contributed by atoms with Crippen LogP contribution in [0.5, 0.6) is 0 Å². The summed E-state index contributed by atoms with van der Waals surface area (Å²) in [7, 11) is 0. The van der Waals surface area contributed by atoms with Crippen molar-refractivity contribution in [2.24, 2.45) is 21.8 Å². The first-order valence-corrected chi connectivity index (χ1v) is 18.4. The maximum atomic E-state index is 5.44. The lowest BCUT2D eigenvalue weighted by molar-refractivity contribution is 0.377. The Hall–Kier alpha value is -3.86. The van der Waals surface area contributed by atoms with Crippen LogP contribution in [0.4, 0.5) is 0 Å². The molecule has 5 heterocycles. The lowest BCUT2D eigenvalue weighted by Gasteiger charge is -2.35. The highest BCUT2D eigenvalue weighted by Crippen LogP contribution is 2.38. The van der Waals surface area contributed by atoms with Crippen molar-refractivity contribution in [2.45, 2.75) is 91.9 Å². The van der Waals surface area contributed by atoms with Crippen LogP contribution in [-0.4, -0.2) is 52.5 Å². The topological polar surface area (TPSA) is 47.0 Å². The van der Waals surface area contributed by atoms with Gasteiger partial charge in [-0.1, -0.05) is 68.8 Å². The molecule has 0 amide bonds. The fourth-order valence-electron chi connectivity index (χ4n) is 8.34. The van der Waals surface area contributed by atoms with Gasteiger partial charge in [0.05, 0.1) is 5.71 Å². The molecule has 0 spiro atoms. The molecule has 4 aliphatic heterocycles. The Morgan fingerprint density at radius 1 is 0.936 bits per heavy atom. The quantitative estimate of drug-likeness (QED) is 0.359. The van der Waals surface area contributed by atoms with Crippen LogP contribution in [0.15, 0.2) is 98.9 Å². The van der Waals surface area contributed by atoms with Gasteiger partial charge in [0.15, 0.2) is 0 Å². The van der Waals surface area contributed by atoms with Crippen molar-refractivity contribution in [1.29, 1.82) is 0 Å². The minimum atomic E-state index is 0.487. The second-order valence-corrected chi connectivity index (χ2v) is 14.3. The SMILES string of the molecule is CCC1=C(N2CCCC2)C=C(c2cc3c([nH]2)CCC(C)=CN=C3N2CCC(=C3N=C(c4ccccc4)C(C)CC3CC)CC2)C=CC1. The number of hydrogen-bond donors (Lipinski definition) is 1. The summed E-state index contributed by atoms with van der Waals surface area (Å²) in [6.45, 7) is 13.5. The fourth-order valence-corrected chi connectivity index (χ4v) is 8.34. The zero-order valence-corrected chi connectivity index (χ0v) is 29.1. The number of aryl methyl sites for hydroxylation is 1. The van der Waals surface area contributed by atoms with E-state index in [1.54, 1.807) is 11.1 Å². The van der Waals surface area contributed by atoms with Gasteiger partial charge in [0, 0.05) is 66.6 Å². The van der Waals surface area contributed by atoms with E-state index >= 15 is 0 Å². The Balaban J connectivity index is 1.18. The molecule has 2 aromatic rings. The van der Waals surface area contributed by atoms with Gasteiger partial charge < -0.3 is 14.8 Å². The Morgan fingerprint density at radius 3 is 2.47 bits per heavy atom. The lowest BCUT2D eigenvalue weighted by Crippen LogP contribution is -2.38. The van der Waals surface area contributed by atoms with Crippen LogP contribution in [0.25, 0.3) is 5.57 Å². The summed E-state index contributed by atoms with van der Waals surface area (Å²) in [5.74, 6) is 2.17. The number of nitrogens with zero attached hydrogens (tertiary/aromatic N) is 4. The monoisotopic (exact) mass is 627 g/mol. The number of allylic oxidation sites excluding steroid dienone is 7. The number of H-pyrrole nitrogens is 1. The van der Waals surface area contributed by atoms with E-state index in [1.165, 1.54) is 83.1 Å². The maximum absolute atomic E-state index is 5.44. The molecule has 2 atom stereocenters. The van der Waals surface area contributed by atoms with Gasteiger partial charge in [-0.2, -0.15) is 0 Å². The fraction of sp³-hybridized carbons (Fsp3) is 0.476. The Labute approximate surface area is 282 Å². The van der Waals surface area contributed by atoms with Crippen molar-refractivity contribution in [3.63, 3.8) is 0 Å². The molecule has 1 aromatic carbocycles. The highest BCUT2D eigenvalue weighted by Gasteiger charge is 2.31.